The van der Waals surface area contributed by atoms with E-state index < -0.39 is 5.97 Å². The maximum Gasteiger partial charge on any atom is 0.315 e. The van der Waals surface area contributed by atoms with E-state index in [0.717, 1.165) is 19.3 Å². The molecule has 0 saturated heterocycles. The highest BCUT2D eigenvalue weighted by Crippen LogP contribution is 2.25. The van der Waals surface area contributed by atoms with E-state index >= 15 is 0 Å². The molecule has 0 spiro atoms. The molecule has 1 aliphatic rings. The van der Waals surface area contributed by atoms with Crippen molar-refractivity contribution in [2.75, 3.05) is 13.2 Å². The highest BCUT2D eigenvalue weighted by atomic mass is 16.5. The number of carboxylic acids is 1. The zero-order valence-corrected chi connectivity index (χ0v) is 12.4. The smallest absolute Gasteiger partial charge is 0.315 e. The first-order valence-electron chi connectivity index (χ1n) is 7.37. The van der Waals surface area contributed by atoms with Crippen LogP contribution in [0.2, 0.25) is 0 Å². The lowest BCUT2D eigenvalue weighted by Crippen LogP contribution is -2.41. The van der Waals surface area contributed by atoms with Crippen LogP contribution in [0.1, 0.15) is 46.0 Å². The van der Waals surface area contributed by atoms with E-state index in [4.69, 9.17) is 9.84 Å². The highest BCUT2D eigenvalue weighted by molar-refractivity contribution is 5.75. The lowest BCUT2D eigenvalue weighted by Gasteiger charge is -2.13. The van der Waals surface area contributed by atoms with Gasteiger partial charge in [-0.1, -0.05) is 0 Å². The molecule has 0 aliphatic heterocycles. The molecule has 116 valence electrons. The molecule has 1 saturated carbocycles. The fraction of sp³-hybridized carbons (Fsp3) is 0.857. The van der Waals surface area contributed by atoms with E-state index in [1.807, 2.05) is 13.8 Å². The monoisotopic (exact) mass is 286 g/mol. The van der Waals surface area contributed by atoms with Crippen LogP contribution in [0.3, 0.4) is 0 Å². The van der Waals surface area contributed by atoms with Gasteiger partial charge in [0.25, 0.3) is 0 Å². The Morgan fingerprint density at radius 3 is 2.65 bits per heavy atom. The van der Waals surface area contributed by atoms with E-state index in [9.17, 15) is 9.59 Å². The van der Waals surface area contributed by atoms with E-state index in [1.54, 1.807) is 0 Å². The Labute approximate surface area is 120 Å². The van der Waals surface area contributed by atoms with Gasteiger partial charge in [-0.15, -0.1) is 0 Å². The standard InChI is InChI=1S/C14H26N2O4/c1-10(2)20-8-4-3-7-15-14(19)16-12-6-5-11(9-12)13(17)18/h10-12H,3-9H2,1-2H3,(H,17,18)(H2,15,16,19). The van der Waals surface area contributed by atoms with Gasteiger partial charge in [0.05, 0.1) is 12.0 Å². The molecule has 2 amide bonds. The van der Waals surface area contributed by atoms with Gasteiger partial charge in [-0.3, -0.25) is 4.79 Å². The SMILES string of the molecule is CC(C)OCCCCNC(=O)NC1CCC(C(=O)O)C1. The summed E-state index contributed by atoms with van der Waals surface area (Å²) in [6.07, 6.45) is 3.96. The Balaban J connectivity index is 2.02. The van der Waals surface area contributed by atoms with E-state index in [0.29, 0.717) is 26.0 Å². The summed E-state index contributed by atoms with van der Waals surface area (Å²) in [4.78, 5) is 22.4. The number of aliphatic carboxylic acids is 1. The molecular formula is C14H26N2O4. The fourth-order valence-corrected chi connectivity index (χ4v) is 2.32. The Kier molecular flexibility index (Phi) is 7.36. The van der Waals surface area contributed by atoms with Crippen molar-refractivity contribution < 1.29 is 19.4 Å². The summed E-state index contributed by atoms with van der Waals surface area (Å²) in [5, 5.41) is 14.5. The minimum absolute atomic E-state index is 0.0135. The Hall–Kier alpha value is -1.30. The summed E-state index contributed by atoms with van der Waals surface area (Å²) in [6.45, 7) is 5.32. The van der Waals surface area contributed by atoms with Gasteiger partial charge in [0.1, 0.15) is 0 Å². The summed E-state index contributed by atoms with van der Waals surface area (Å²) < 4.78 is 5.41. The summed E-state index contributed by atoms with van der Waals surface area (Å²) in [5.41, 5.74) is 0. The molecule has 1 rings (SSSR count). The molecule has 2 unspecified atom stereocenters. The van der Waals surface area contributed by atoms with Gasteiger partial charge in [0.2, 0.25) is 0 Å². The van der Waals surface area contributed by atoms with Crippen molar-refractivity contribution in [1.29, 1.82) is 0 Å². The van der Waals surface area contributed by atoms with Crippen molar-refractivity contribution in [2.24, 2.45) is 5.92 Å². The largest absolute Gasteiger partial charge is 0.481 e. The number of urea groups is 1. The van der Waals surface area contributed by atoms with E-state index in [2.05, 4.69) is 10.6 Å². The van der Waals surface area contributed by atoms with Gasteiger partial charge in [-0.05, 0) is 46.0 Å². The number of ether oxygens (including phenoxy) is 1. The summed E-state index contributed by atoms with van der Waals surface area (Å²) >= 11 is 0. The van der Waals surface area contributed by atoms with Crippen LogP contribution in [-0.2, 0) is 9.53 Å². The first-order chi connectivity index (χ1) is 9.49. The molecule has 2 atom stereocenters. The number of amides is 2. The van der Waals surface area contributed by atoms with Gasteiger partial charge in [0, 0.05) is 19.2 Å². The molecular weight excluding hydrogens is 260 g/mol. The molecule has 6 heteroatoms. The van der Waals surface area contributed by atoms with Crippen molar-refractivity contribution in [2.45, 2.75) is 58.1 Å². The van der Waals surface area contributed by atoms with Crippen molar-refractivity contribution in [1.82, 2.24) is 10.6 Å². The number of carbonyl (C=O) groups excluding carboxylic acids is 1. The molecule has 0 radical (unpaired) electrons. The number of hydrogen-bond donors (Lipinski definition) is 3. The van der Waals surface area contributed by atoms with Crippen molar-refractivity contribution in [3.05, 3.63) is 0 Å². The second-order valence-electron chi connectivity index (χ2n) is 5.57. The van der Waals surface area contributed by atoms with Crippen molar-refractivity contribution in [3.63, 3.8) is 0 Å². The number of carbonyl (C=O) groups is 2. The molecule has 0 aromatic heterocycles. The van der Waals surface area contributed by atoms with Crippen molar-refractivity contribution in [3.8, 4) is 0 Å². The topological polar surface area (TPSA) is 87.7 Å². The lowest BCUT2D eigenvalue weighted by atomic mass is 10.1. The normalized spacial score (nSPS) is 21.9. The zero-order chi connectivity index (χ0) is 15.0. The quantitative estimate of drug-likeness (QED) is 0.593. The van der Waals surface area contributed by atoms with Gasteiger partial charge >= 0.3 is 12.0 Å². The Morgan fingerprint density at radius 2 is 2.05 bits per heavy atom. The third kappa shape index (κ3) is 6.75. The molecule has 0 bridgehead atoms. The third-order valence-electron chi connectivity index (χ3n) is 3.42. The van der Waals surface area contributed by atoms with Gasteiger partial charge < -0.3 is 20.5 Å². The number of carboxylic acid groups (broad SMARTS) is 1. The Bertz CT molecular complexity index is 320. The van der Waals surface area contributed by atoms with E-state index in [-0.39, 0.29) is 24.1 Å². The zero-order valence-electron chi connectivity index (χ0n) is 12.4. The summed E-state index contributed by atoms with van der Waals surface area (Å²) in [7, 11) is 0. The van der Waals surface area contributed by atoms with Gasteiger partial charge in [-0.2, -0.15) is 0 Å². The average molecular weight is 286 g/mol. The average Bonchev–Trinajstić information content (AvgIpc) is 2.81. The highest BCUT2D eigenvalue weighted by Gasteiger charge is 2.30. The Morgan fingerprint density at radius 1 is 1.30 bits per heavy atom. The predicted molar refractivity (Wildman–Crippen MR) is 75.6 cm³/mol. The van der Waals surface area contributed by atoms with Gasteiger partial charge in [0.15, 0.2) is 0 Å². The first-order valence-corrected chi connectivity index (χ1v) is 7.37. The van der Waals surface area contributed by atoms with Crippen molar-refractivity contribution >= 4 is 12.0 Å². The second-order valence-corrected chi connectivity index (χ2v) is 5.57. The minimum Gasteiger partial charge on any atom is -0.481 e. The maximum atomic E-state index is 11.6. The summed E-state index contributed by atoms with van der Waals surface area (Å²) in [6, 6.07) is -0.216. The van der Waals surface area contributed by atoms with Crippen LogP contribution >= 0.6 is 0 Å². The first kappa shape index (κ1) is 16.8. The molecule has 0 aromatic carbocycles. The molecule has 6 nitrogen and oxygen atoms in total. The lowest BCUT2D eigenvalue weighted by molar-refractivity contribution is -0.141. The minimum atomic E-state index is -0.764. The second kappa shape index (κ2) is 8.79. The van der Waals surface area contributed by atoms with Crippen LogP contribution in [0.25, 0.3) is 0 Å². The van der Waals surface area contributed by atoms with E-state index in [1.165, 1.54) is 0 Å². The number of rotatable bonds is 8. The molecule has 3 N–H and O–H groups in total. The molecule has 1 fully saturated rings. The number of hydrogen-bond acceptors (Lipinski definition) is 3. The van der Waals surface area contributed by atoms with Crippen LogP contribution < -0.4 is 10.6 Å². The number of unbranched alkanes of at least 4 members (excludes halogenated alkanes) is 1. The van der Waals surface area contributed by atoms with Crippen LogP contribution in [-0.4, -0.2) is 42.4 Å². The third-order valence-corrected chi connectivity index (χ3v) is 3.42. The molecule has 0 aromatic rings. The van der Waals surface area contributed by atoms with Crippen LogP contribution in [0.15, 0.2) is 0 Å². The molecule has 1 aliphatic carbocycles. The number of nitrogens with one attached hydrogen (secondary N) is 2. The van der Waals surface area contributed by atoms with Crippen LogP contribution in [0.5, 0.6) is 0 Å². The van der Waals surface area contributed by atoms with Crippen LogP contribution in [0, 0.1) is 5.92 Å². The fourth-order valence-electron chi connectivity index (χ4n) is 2.32. The summed E-state index contributed by atoms with van der Waals surface area (Å²) in [5.74, 6) is -1.08. The molecule has 20 heavy (non-hydrogen) atoms. The molecule has 0 heterocycles. The van der Waals surface area contributed by atoms with Gasteiger partial charge in [-0.25, -0.2) is 4.79 Å². The maximum absolute atomic E-state index is 11.6. The predicted octanol–water partition coefficient (Wildman–Crippen LogP) is 1.74. The van der Waals surface area contributed by atoms with Crippen LogP contribution in [0.4, 0.5) is 4.79 Å².